The molecule has 1 aromatic heterocycles. The number of H-pyrrole nitrogens is 1. The van der Waals surface area contributed by atoms with Crippen LogP contribution in [-0.2, 0) is 6.42 Å². The predicted molar refractivity (Wildman–Crippen MR) is 77.4 cm³/mol. The monoisotopic (exact) mass is 270 g/mol. The Morgan fingerprint density at radius 2 is 2.10 bits per heavy atom. The summed E-state index contributed by atoms with van der Waals surface area (Å²) in [5, 5.41) is 7.98. The van der Waals surface area contributed by atoms with Crippen molar-refractivity contribution in [1.29, 1.82) is 0 Å². The molecule has 4 heteroatoms. The molecule has 102 valence electrons. The molecule has 0 saturated heterocycles. The van der Waals surface area contributed by atoms with Crippen LogP contribution in [0, 0.1) is 5.82 Å². The van der Waals surface area contributed by atoms with E-state index in [-0.39, 0.29) is 11.6 Å². The molecule has 0 unspecified atom stereocenters. The van der Waals surface area contributed by atoms with Crippen molar-refractivity contribution in [2.75, 3.05) is 7.11 Å². The summed E-state index contributed by atoms with van der Waals surface area (Å²) in [6.07, 6.45) is 2.58. The van der Waals surface area contributed by atoms with Crippen molar-refractivity contribution in [3.05, 3.63) is 47.9 Å². The number of nitrogens with one attached hydrogen (secondary N) is 1. The molecule has 0 bridgehead atoms. The van der Waals surface area contributed by atoms with Gasteiger partial charge in [-0.2, -0.15) is 5.10 Å². The minimum atomic E-state index is -0.343. The van der Waals surface area contributed by atoms with Crippen LogP contribution >= 0.6 is 0 Å². The van der Waals surface area contributed by atoms with E-state index in [0.717, 1.165) is 34.0 Å². The maximum Gasteiger partial charge on any atom is 0.165 e. The molecule has 20 heavy (non-hydrogen) atoms. The van der Waals surface area contributed by atoms with Gasteiger partial charge in [0.2, 0.25) is 0 Å². The van der Waals surface area contributed by atoms with Gasteiger partial charge in [0.1, 0.15) is 0 Å². The maximum absolute atomic E-state index is 14.0. The Labute approximate surface area is 116 Å². The van der Waals surface area contributed by atoms with E-state index in [1.807, 2.05) is 25.1 Å². The van der Waals surface area contributed by atoms with Crippen LogP contribution in [0.3, 0.4) is 0 Å². The SMILES string of the molecule is CCc1cc(OC)c(F)cc1-c1ccc2cn[nH]c2c1. The van der Waals surface area contributed by atoms with Gasteiger partial charge in [-0.05, 0) is 41.3 Å². The van der Waals surface area contributed by atoms with Crippen molar-refractivity contribution in [2.45, 2.75) is 13.3 Å². The molecule has 0 aliphatic carbocycles. The number of benzene rings is 2. The van der Waals surface area contributed by atoms with Gasteiger partial charge in [0, 0.05) is 5.39 Å². The Bertz CT molecular complexity index is 764. The average molecular weight is 270 g/mol. The van der Waals surface area contributed by atoms with E-state index in [0.29, 0.717) is 0 Å². The van der Waals surface area contributed by atoms with Gasteiger partial charge < -0.3 is 4.74 Å². The van der Waals surface area contributed by atoms with E-state index in [2.05, 4.69) is 10.2 Å². The van der Waals surface area contributed by atoms with E-state index < -0.39 is 0 Å². The molecule has 0 amide bonds. The van der Waals surface area contributed by atoms with Crippen LogP contribution in [0.4, 0.5) is 4.39 Å². The van der Waals surface area contributed by atoms with Crippen LogP contribution in [0.1, 0.15) is 12.5 Å². The van der Waals surface area contributed by atoms with E-state index in [4.69, 9.17) is 4.74 Å². The largest absolute Gasteiger partial charge is 0.494 e. The Balaban J connectivity index is 2.19. The Morgan fingerprint density at radius 1 is 1.25 bits per heavy atom. The number of aryl methyl sites for hydroxylation is 1. The average Bonchev–Trinajstić information content (AvgIpc) is 2.94. The smallest absolute Gasteiger partial charge is 0.165 e. The normalized spacial score (nSPS) is 10.9. The van der Waals surface area contributed by atoms with Gasteiger partial charge >= 0.3 is 0 Å². The maximum atomic E-state index is 14.0. The number of nitrogens with zero attached hydrogens (tertiary/aromatic N) is 1. The van der Waals surface area contributed by atoms with Crippen LogP contribution < -0.4 is 4.74 Å². The van der Waals surface area contributed by atoms with Crippen molar-refractivity contribution in [3.63, 3.8) is 0 Å². The molecule has 3 rings (SSSR count). The van der Waals surface area contributed by atoms with Gasteiger partial charge in [-0.1, -0.05) is 19.1 Å². The van der Waals surface area contributed by atoms with Crippen LogP contribution in [-0.4, -0.2) is 17.3 Å². The lowest BCUT2D eigenvalue weighted by Crippen LogP contribution is -1.94. The van der Waals surface area contributed by atoms with Crippen LogP contribution in [0.25, 0.3) is 22.0 Å². The number of methoxy groups -OCH3 is 1. The van der Waals surface area contributed by atoms with Crippen molar-refractivity contribution < 1.29 is 9.13 Å². The fourth-order valence-electron chi connectivity index (χ4n) is 2.42. The predicted octanol–water partition coefficient (Wildman–Crippen LogP) is 3.94. The molecule has 3 nitrogen and oxygen atoms in total. The summed E-state index contributed by atoms with van der Waals surface area (Å²) in [7, 11) is 1.48. The van der Waals surface area contributed by atoms with Gasteiger partial charge in [-0.25, -0.2) is 4.39 Å². The number of rotatable bonds is 3. The van der Waals surface area contributed by atoms with Crippen molar-refractivity contribution in [3.8, 4) is 16.9 Å². The first-order valence-corrected chi connectivity index (χ1v) is 6.53. The van der Waals surface area contributed by atoms with E-state index in [1.165, 1.54) is 13.2 Å². The molecule has 0 atom stereocenters. The van der Waals surface area contributed by atoms with Crippen LogP contribution in [0.2, 0.25) is 0 Å². The molecule has 3 aromatic rings. The number of aromatic amines is 1. The third-order valence-corrected chi connectivity index (χ3v) is 3.51. The number of fused-ring (bicyclic) bond motifs is 1. The van der Waals surface area contributed by atoms with E-state index >= 15 is 0 Å². The zero-order chi connectivity index (χ0) is 14.1. The highest BCUT2D eigenvalue weighted by molar-refractivity contribution is 5.84. The molecule has 1 N–H and O–H groups in total. The summed E-state index contributed by atoms with van der Waals surface area (Å²) in [6.45, 7) is 2.05. The van der Waals surface area contributed by atoms with Gasteiger partial charge in [0.15, 0.2) is 11.6 Å². The summed E-state index contributed by atoms with van der Waals surface area (Å²) in [4.78, 5) is 0. The van der Waals surface area contributed by atoms with Crippen molar-refractivity contribution >= 4 is 10.9 Å². The minimum absolute atomic E-state index is 0.285. The standard InChI is InChI=1S/C16H15FN2O/c1-3-10-7-16(20-2)14(17)8-13(10)11-4-5-12-9-18-19-15(12)6-11/h4-9H,3H2,1-2H3,(H,18,19). The van der Waals surface area contributed by atoms with Crippen molar-refractivity contribution in [2.24, 2.45) is 0 Å². The molecule has 0 fully saturated rings. The third kappa shape index (κ3) is 2.03. The lowest BCUT2D eigenvalue weighted by atomic mass is 9.97. The fourth-order valence-corrected chi connectivity index (χ4v) is 2.42. The number of hydrogen-bond acceptors (Lipinski definition) is 2. The summed E-state index contributed by atoms with van der Waals surface area (Å²) >= 11 is 0. The first-order valence-electron chi connectivity index (χ1n) is 6.53. The highest BCUT2D eigenvalue weighted by Crippen LogP contribution is 2.31. The van der Waals surface area contributed by atoms with Crippen LogP contribution in [0.5, 0.6) is 5.75 Å². The second-order valence-corrected chi connectivity index (χ2v) is 4.67. The highest BCUT2D eigenvalue weighted by Gasteiger charge is 2.11. The number of aromatic nitrogens is 2. The number of ether oxygens (including phenoxy) is 1. The topological polar surface area (TPSA) is 37.9 Å². The molecule has 0 saturated carbocycles. The Morgan fingerprint density at radius 3 is 2.85 bits per heavy atom. The Hall–Kier alpha value is -2.36. The molecule has 0 aliphatic rings. The zero-order valence-corrected chi connectivity index (χ0v) is 11.4. The molecule has 1 heterocycles. The molecule has 0 aliphatic heterocycles. The third-order valence-electron chi connectivity index (χ3n) is 3.51. The fraction of sp³-hybridized carbons (Fsp3) is 0.188. The summed E-state index contributed by atoms with van der Waals surface area (Å²) in [6, 6.07) is 9.26. The van der Waals surface area contributed by atoms with E-state index in [9.17, 15) is 4.39 Å². The lowest BCUT2D eigenvalue weighted by Gasteiger charge is -2.11. The van der Waals surface area contributed by atoms with E-state index in [1.54, 1.807) is 12.3 Å². The number of halogens is 1. The van der Waals surface area contributed by atoms with Gasteiger partial charge in [-0.15, -0.1) is 0 Å². The highest BCUT2D eigenvalue weighted by atomic mass is 19.1. The van der Waals surface area contributed by atoms with Crippen LogP contribution in [0.15, 0.2) is 36.5 Å². The van der Waals surface area contributed by atoms with Gasteiger partial charge in [0.25, 0.3) is 0 Å². The second-order valence-electron chi connectivity index (χ2n) is 4.67. The summed E-state index contributed by atoms with van der Waals surface area (Å²) < 4.78 is 19.0. The lowest BCUT2D eigenvalue weighted by molar-refractivity contribution is 0.386. The summed E-state index contributed by atoms with van der Waals surface area (Å²) in [5.41, 5.74) is 3.87. The Kier molecular flexibility index (Phi) is 3.14. The first-order chi connectivity index (χ1) is 9.72. The minimum Gasteiger partial charge on any atom is -0.494 e. The quantitative estimate of drug-likeness (QED) is 0.782. The van der Waals surface area contributed by atoms with Crippen molar-refractivity contribution in [1.82, 2.24) is 10.2 Å². The molecular weight excluding hydrogens is 255 g/mol. The second kappa shape index (κ2) is 4.96. The van der Waals surface area contributed by atoms with Gasteiger partial charge in [0.05, 0.1) is 18.8 Å². The molecule has 2 aromatic carbocycles. The first kappa shape index (κ1) is 12.7. The molecule has 0 spiro atoms. The summed E-state index contributed by atoms with van der Waals surface area (Å²) in [5.74, 6) is -0.0578. The molecule has 0 radical (unpaired) electrons. The van der Waals surface area contributed by atoms with Gasteiger partial charge in [-0.3, -0.25) is 5.10 Å². The molecular formula is C16H15FN2O. The number of hydrogen-bond donors (Lipinski definition) is 1. The zero-order valence-electron chi connectivity index (χ0n) is 11.4.